The van der Waals surface area contributed by atoms with Crippen molar-refractivity contribution in [3.63, 3.8) is 0 Å². The number of allylic oxidation sites excluding steroid dienone is 4. The summed E-state index contributed by atoms with van der Waals surface area (Å²) in [4.78, 5) is -0.103. The van der Waals surface area contributed by atoms with E-state index in [4.69, 9.17) is 11.6 Å². The van der Waals surface area contributed by atoms with Gasteiger partial charge in [0.2, 0.25) is 0 Å². The van der Waals surface area contributed by atoms with Crippen molar-refractivity contribution in [1.29, 1.82) is 0 Å². The second-order valence-corrected chi connectivity index (χ2v) is 4.69. The Kier molecular flexibility index (Phi) is 2.43. The molecule has 0 bridgehead atoms. The lowest BCUT2D eigenvalue weighted by Crippen LogP contribution is -2.23. The Morgan fingerprint density at radius 3 is 2.55 bits per heavy atom. The van der Waals surface area contributed by atoms with Crippen LogP contribution in [-0.4, -0.2) is 4.87 Å². The molecule has 0 spiro atoms. The fraction of sp³-hybridized carbons (Fsp3) is 0.600. The molecule has 62 valence electrons. The van der Waals surface area contributed by atoms with Crippen LogP contribution in [-0.2, 0) is 0 Å². The van der Waals surface area contributed by atoms with Crippen LogP contribution in [0, 0.1) is 5.92 Å². The molecule has 0 aromatic heterocycles. The fourth-order valence-electron chi connectivity index (χ4n) is 1.24. The predicted molar refractivity (Wildman–Crippen MR) is 50.9 cm³/mol. The van der Waals surface area contributed by atoms with E-state index in [9.17, 15) is 0 Å². The molecule has 1 unspecified atom stereocenters. The van der Waals surface area contributed by atoms with Crippen molar-refractivity contribution in [2.45, 2.75) is 32.1 Å². The Morgan fingerprint density at radius 1 is 1.55 bits per heavy atom. The zero-order valence-corrected chi connectivity index (χ0v) is 8.15. The van der Waals surface area contributed by atoms with E-state index >= 15 is 0 Å². The molecule has 0 amide bonds. The van der Waals surface area contributed by atoms with Crippen molar-refractivity contribution in [1.82, 2.24) is 0 Å². The lowest BCUT2D eigenvalue weighted by atomic mass is 9.87. The van der Waals surface area contributed by atoms with Crippen molar-refractivity contribution < 1.29 is 0 Å². The summed E-state index contributed by atoms with van der Waals surface area (Å²) >= 11 is 6.18. The highest BCUT2D eigenvalue weighted by atomic mass is 35.5. The van der Waals surface area contributed by atoms with E-state index in [1.54, 1.807) is 0 Å². The average Bonchev–Trinajstić information content (AvgIpc) is 1.86. The van der Waals surface area contributed by atoms with Crippen molar-refractivity contribution in [3.8, 4) is 0 Å². The molecule has 0 N–H and O–H groups in total. The highest BCUT2D eigenvalue weighted by Gasteiger charge is 2.24. The van der Waals surface area contributed by atoms with Crippen molar-refractivity contribution in [3.05, 3.63) is 23.8 Å². The third kappa shape index (κ3) is 2.37. The van der Waals surface area contributed by atoms with Gasteiger partial charge in [-0.25, -0.2) is 0 Å². The SMILES string of the molecule is CC1=CCC(C(C)(C)Cl)C=C1. The van der Waals surface area contributed by atoms with E-state index in [0.29, 0.717) is 5.92 Å². The summed E-state index contributed by atoms with van der Waals surface area (Å²) in [5.74, 6) is 0.493. The van der Waals surface area contributed by atoms with Crippen molar-refractivity contribution >= 4 is 11.6 Å². The van der Waals surface area contributed by atoms with Gasteiger partial charge in [0.05, 0.1) is 0 Å². The van der Waals surface area contributed by atoms with E-state index in [2.05, 4.69) is 39.0 Å². The van der Waals surface area contributed by atoms with Gasteiger partial charge in [0.1, 0.15) is 0 Å². The molecule has 0 heterocycles. The van der Waals surface area contributed by atoms with Crippen LogP contribution in [0.15, 0.2) is 23.8 Å². The van der Waals surface area contributed by atoms with E-state index in [1.165, 1.54) is 5.57 Å². The highest BCUT2D eigenvalue weighted by molar-refractivity contribution is 6.23. The van der Waals surface area contributed by atoms with Crippen LogP contribution in [0.5, 0.6) is 0 Å². The van der Waals surface area contributed by atoms with Gasteiger partial charge in [-0.15, -0.1) is 11.6 Å². The third-order valence-electron chi connectivity index (χ3n) is 2.17. The lowest BCUT2D eigenvalue weighted by Gasteiger charge is -2.26. The Bertz CT molecular complexity index is 193. The summed E-state index contributed by atoms with van der Waals surface area (Å²) in [6.45, 7) is 6.25. The second kappa shape index (κ2) is 3.02. The predicted octanol–water partition coefficient (Wildman–Crippen LogP) is 3.53. The largest absolute Gasteiger partial charge is 0.119 e. The maximum atomic E-state index is 6.18. The number of halogens is 1. The van der Waals surface area contributed by atoms with Gasteiger partial charge in [-0.3, -0.25) is 0 Å². The molecule has 1 heteroatoms. The second-order valence-electron chi connectivity index (χ2n) is 3.71. The summed E-state index contributed by atoms with van der Waals surface area (Å²) in [5, 5.41) is 0. The molecule has 0 saturated heterocycles. The summed E-state index contributed by atoms with van der Waals surface area (Å²) in [7, 11) is 0. The average molecular weight is 171 g/mol. The smallest absolute Gasteiger partial charge is 0.0456 e. The third-order valence-corrected chi connectivity index (χ3v) is 2.45. The summed E-state index contributed by atoms with van der Waals surface area (Å²) in [6, 6.07) is 0. The topological polar surface area (TPSA) is 0 Å². The van der Waals surface area contributed by atoms with Crippen LogP contribution >= 0.6 is 11.6 Å². The van der Waals surface area contributed by atoms with Gasteiger partial charge in [0.15, 0.2) is 0 Å². The van der Waals surface area contributed by atoms with Gasteiger partial charge >= 0.3 is 0 Å². The van der Waals surface area contributed by atoms with E-state index in [1.807, 2.05) is 0 Å². The molecule has 0 radical (unpaired) electrons. The Morgan fingerprint density at radius 2 is 2.18 bits per heavy atom. The Hall–Kier alpha value is -0.230. The van der Waals surface area contributed by atoms with E-state index in [0.717, 1.165) is 6.42 Å². The molecule has 11 heavy (non-hydrogen) atoms. The van der Waals surface area contributed by atoms with Gasteiger partial charge in [-0.1, -0.05) is 23.8 Å². The van der Waals surface area contributed by atoms with Crippen LogP contribution in [0.25, 0.3) is 0 Å². The Labute approximate surface area is 73.9 Å². The molecular formula is C10H15Cl. The number of alkyl halides is 1. The molecular weight excluding hydrogens is 156 g/mol. The molecule has 1 aliphatic carbocycles. The molecule has 0 saturated carbocycles. The van der Waals surface area contributed by atoms with Crippen molar-refractivity contribution in [2.24, 2.45) is 5.92 Å². The minimum absolute atomic E-state index is 0.103. The first-order valence-corrected chi connectivity index (χ1v) is 4.42. The minimum atomic E-state index is -0.103. The Balaban J connectivity index is 2.63. The van der Waals surface area contributed by atoms with Crippen molar-refractivity contribution in [2.75, 3.05) is 0 Å². The quantitative estimate of drug-likeness (QED) is 0.529. The van der Waals surface area contributed by atoms with Crippen LogP contribution in [0.1, 0.15) is 27.2 Å². The summed E-state index contributed by atoms with van der Waals surface area (Å²) < 4.78 is 0. The van der Waals surface area contributed by atoms with Gasteiger partial charge in [-0.2, -0.15) is 0 Å². The molecule has 1 aliphatic rings. The lowest BCUT2D eigenvalue weighted by molar-refractivity contribution is 0.502. The first-order valence-electron chi connectivity index (χ1n) is 4.04. The zero-order valence-electron chi connectivity index (χ0n) is 7.39. The minimum Gasteiger partial charge on any atom is -0.119 e. The van der Waals surface area contributed by atoms with Gasteiger partial charge in [0.25, 0.3) is 0 Å². The first kappa shape index (κ1) is 8.86. The number of hydrogen-bond donors (Lipinski definition) is 0. The molecule has 0 fully saturated rings. The molecule has 1 rings (SSSR count). The summed E-state index contributed by atoms with van der Waals surface area (Å²) in [6.07, 6.45) is 7.69. The normalized spacial score (nSPS) is 25.1. The first-order chi connectivity index (χ1) is 5.00. The van der Waals surface area contributed by atoms with Gasteiger partial charge in [-0.05, 0) is 33.1 Å². The molecule has 0 aromatic rings. The number of rotatable bonds is 1. The number of hydrogen-bond acceptors (Lipinski definition) is 0. The summed E-state index contributed by atoms with van der Waals surface area (Å²) in [5.41, 5.74) is 1.35. The molecule has 1 atom stereocenters. The highest BCUT2D eigenvalue weighted by Crippen LogP contribution is 2.31. The van der Waals surface area contributed by atoms with Gasteiger partial charge in [0, 0.05) is 4.87 Å². The van der Waals surface area contributed by atoms with E-state index in [-0.39, 0.29) is 4.87 Å². The zero-order chi connectivity index (χ0) is 8.48. The van der Waals surface area contributed by atoms with Gasteiger partial charge < -0.3 is 0 Å². The maximum absolute atomic E-state index is 6.18. The molecule has 0 aromatic carbocycles. The molecule has 0 aliphatic heterocycles. The van der Waals surface area contributed by atoms with Crippen LogP contribution in [0.3, 0.4) is 0 Å². The van der Waals surface area contributed by atoms with E-state index < -0.39 is 0 Å². The standard InChI is InChI=1S/C10H15Cl/c1-8-4-6-9(7-5-8)10(2,3)11/h4-6,9H,7H2,1-3H3. The van der Waals surface area contributed by atoms with Crippen LogP contribution in [0.2, 0.25) is 0 Å². The molecule has 0 nitrogen and oxygen atoms in total. The van der Waals surface area contributed by atoms with Crippen LogP contribution in [0.4, 0.5) is 0 Å². The maximum Gasteiger partial charge on any atom is 0.0456 e. The van der Waals surface area contributed by atoms with Crippen LogP contribution < -0.4 is 0 Å². The monoisotopic (exact) mass is 170 g/mol. The fourth-order valence-corrected chi connectivity index (χ4v) is 1.40.